The monoisotopic (exact) mass is 258 g/mol. The van der Waals surface area contributed by atoms with Crippen molar-refractivity contribution >= 4 is 0 Å². The summed E-state index contributed by atoms with van der Waals surface area (Å²) in [5, 5.41) is 3.68. The highest BCUT2D eigenvalue weighted by Gasteiger charge is 2.30. The predicted octanol–water partition coefficient (Wildman–Crippen LogP) is 3.53. The molecule has 2 heteroatoms. The molecule has 2 aliphatic carbocycles. The number of hydrogen-bond donors (Lipinski definition) is 1. The van der Waals surface area contributed by atoms with Gasteiger partial charge in [-0.1, -0.05) is 19.9 Å². The molecule has 0 aromatic carbocycles. The number of hydrogen-bond acceptors (Lipinski definition) is 2. The zero-order valence-corrected chi connectivity index (χ0v) is 12.2. The first kappa shape index (κ1) is 13.1. The number of nitrogens with zero attached hydrogens (tertiary/aromatic N) is 1. The van der Waals surface area contributed by atoms with Crippen LogP contribution >= 0.6 is 0 Å². The van der Waals surface area contributed by atoms with E-state index in [1.165, 1.54) is 49.9 Å². The van der Waals surface area contributed by atoms with Crippen LogP contribution in [0.1, 0.15) is 56.7 Å². The van der Waals surface area contributed by atoms with Gasteiger partial charge in [-0.2, -0.15) is 0 Å². The van der Waals surface area contributed by atoms with Crippen molar-refractivity contribution in [3.8, 4) is 0 Å². The minimum atomic E-state index is 0.668. The smallest absolute Gasteiger partial charge is 0.0469 e. The minimum Gasteiger partial charge on any atom is -0.314 e. The van der Waals surface area contributed by atoms with Gasteiger partial charge in [0.1, 0.15) is 0 Å². The summed E-state index contributed by atoms with van der Waals surface area (Å²) in [5.41, 5.74) is 2.88. The topological polar surface area (TPSA) is 24.9 Å². The van der Waals surface area contributed by atoms with Crippen LogP contribution in [0.15, 0.2) is 18.3 Å². The number of rotatable bonds is 5. The Hall–Kier alpha value is -0.890. The van der Waals surface area contributed by atoms with E-state index in [9.17, 15) is 0 Å². The Bertz CT molecular complexity index is 425. The van der Waals surface area contributed by atoms with Crippen LogP contribution in [0, 0.1) is 11.8 Å². The lowest BCUT2D eigenvalue weighted by atomic mass is 9.74. The Kier molecular flexibility index (Phi) is 3.88. The maximum Gasteiger partial charge on any atom is 0.0469 e. The third-order valence-corrected chi connectivity index (χ3v) is 5.08. The molecule has 1 aromatic heterocycles. The van der Waals surface area contributed by atoms with Gasteiger partial charge in [0.05, 0.1) is 0 Å². The molecule has 2 nitrogen and oxygen atoms in total. The van der Waals surface area contributed by atoms with Crippen molar-refractivity contribution < 1.29 is 0 Å². The van der Waals surface area contributed by atoms with Crippen molar-refractivity contribution in [1.82, 2.24) is 10.3 Å². The minimum absolute atomic E-state index is 0.668. The lowest BCUT2D eigenvalue weighted by molar-refractivity contribution is 0.286. The summed E-state index contributed by atoms with van der Waals surface area (Å²) in [6, 6.07) is 5.18. The lowest BCUT2D eigenvalue weighted by Crippen LogP contribution is -2.31. The zero-order valence-electron chi connectivity index (χ0n) is 12.2. The van der Waals surface area contributed by atoms with Gasteiger partial charge in [-0.15, -0.1) is 0 Å². The van der Waals surface area contributed by atoms with Crippen molar-refractivity contribution in [2.24, 2.45) is 11.8 Å². The molecule has 0 amide bonds. The summed E-state index contributed by atoms with van der Waals surface area (Å²) in [6.07, 6.45) is 8.61. The molecule has 104 valence electrons. The molecule has 1 N–H and O–H groups in total. The first-order valence-electron chi connectivity index (χ1n) is 7.93. The molecule has 3 unspecified atom stereocenters. The maximum absolute atomic E-state index is 4.69. The first-order chi connectivity index (χ1) is 9.25. The van der Waals surface area contributed by atoms with E-state index in [2.05, 4.69) is 31.3 Å². The average molecular weight is 258 g/mol. The largest absolute Gasteiger partial charge is 0.314 e. The summed E-state index contributed by atoms with van der Waals surface area (Å²) >= 11 is 0. The van der Waals surface area contributed by atoms with Crippen molar-refractivity contribution in [2.75, 3.05) is 6.54 Å². The Morgan fingerprint density at radius 1 is 1.32 bits per heavy atom. The van der Waals surface area contributed by atoms with E-state index in [-0.39, 0.29) is 0 Å². The summed E-state index contributed by atoms with van der Waals surface area (Å²) in [6.45, 7) is 6.00. The number of fused-ring (bicyclic) bond motifs is 1. The fourth-order valence-corrected chi connectivity index (χ4v) is 3.38. The van der Waals surface area contributed by atoms with Gasteiger partial charge in [0.25, 0.3) is 0 Å². The fourth-order valence-electron chi connectivity index (χ4n) is 3.38. The van der Waals surface area contributed by atoms with Crippen LogP contribution in [0.5, 0.6) is 0 Å². The van der Waals surface area contributed by atoms with Crippen molar-refractivity contribution in [3.63, 3.8) is 0 Å². The second-order valence-corrected chi connectivity index (χ2v) is 6.57. The van der Waals surface area contributed by atoms with Crippen LogP contribution in [-0.2, 0) is 6.42 Å². The number of aryl methyl sites for hydroxylation is 1. The van der Waals surface area contributed by atoms with Crippen LogP contribution in [0.4, 0.5) is 0 Å². The normalized spacial score (nSPS) is 25.7. The highest BCUT2D eigenvalue weighted by Crippen LogP contribution is 2.38. The summed E-state index contributed by atoms with van der Waals surface area (Å²) in [7, 11) is 0. The van der Waals surface area contributed by atoms with Crippen LogP contribution in [0.3, 0.4) is 0 Å². The van der Waals surface area contributed by atoms with E-state index in [1.807, 2.05) is 6.20 Å². The molecule has 3 rings (SSSR count). The van der Waals surface area contributed by atoms with Gasteiger partial charge in [-0.3, -0.25) is 4.98 Å². The van der Waals surface area contributed by atoms with Crippen molar-refractivity contribution in [1.29, 1.82) is 0 Å². The standard InChI is InChI=1S/C17H26N2/c1-12(11-19-15-8-9-15)13(2)16-7-3-5-14-6-4-10-18-17(14)16/h4,6,10,12-13,15-16,19H,3,5,7-9,11H2,1-2H3. The van der Waals surface area contributed by atoms with Crippen LogP contribution in [0.2, 0.25) is 0 Å². The van der Waals surface area contributed by atoms with E-state index >= 15 is 0 Å². The molecule has 1 fully saturated rings. The maximum atomic E-state index is 4.69. The molecule has 1 saturated carbocycles. The van der Waals surface area contributed by atoms with Gasteiger partial charge < -0.3 is 5.32 Å². The van der Waals surface area contributed by atoms with Crippen molar-refractivity contribution in [2.45, 2.75) is 57.9 Å². The highest BCUT2D eigenvalue weighted by atomic mass is 14.9. The average Bonchev–Trinajstić information content (AvgIpc) is 3.27. The molecule has 0 aliphatic heterocycles. The van der Waals surface area contributed by atoms with Gasteiger partial charge >= 0.3 is 0 Å². The van der Waals surface area contributed by atoms with Gasteiger partial charge in [0.15, 0.2) is 0 Å². The first-order valence-corrected chi connectivity index (χ1v) is 7.93. The van der Waals surface area contributed by atoms with E-state index in [1.54, 1.807) is 0 Å². The Morgan fingerprint density at radius 3 is 2.95 bits per heavy atom. The van der Waals surface area contributed by atoms with E-state index < -0.39 is 0 Å². The van der Waals surface area contributed by atoms with Gasteiger partial charge in [0, 0.05) is 23.9 Å². The third-order valence-electron chi connectivity index (χ3n) is 5.08. The van der Waals surface area contributed by atoms with Gasteiger partial charge in [-0.05, 0) is 62.1 Å². The second kappa shape index (κ2) is 5.62. The second-order valence-electron chi connectivity index (χ2n) is 6.57. The zero-order chi connectivity index (χ0) is 13.2. The van der Waals surface area contributed by atoms with Crippen LogP contribution in [-0.4, -0.2) is 17.6 Å². The molecule has 3 atom stereocenters. The SMILES string of the molecule is CC(CNC1CC1)C(C)C1CCCc2cccnc21. The van der Waals surface area contributed by atoms with E-state index in [0.717, 1.165) is 17.9 Å². The number of nitrogens with one attached hydrogen (secondary N) is 1. The molecular formula is C17H26N2. The quantitative estimate of drug-likeness (QED) is 0.874. The van der Waals surface area contributed by atoms with Gasteiger partial charge in [0.2, 0.25) is 0 Å². The molecule has 0 bridgehead atoms. The van der Waals surface area contributed by atoms with Crippen LogP contribution in [0.25, 0.3) is 0 Å². The van der Waals surface area contributed by atoms with E-state index in [0.29, 0.717) is 5.92 Å². The molecule has 2 aliphatic rings. The summed E-state index contributed by atoms with van der Waals surface area (Å²) < 4.78 is 0. The Balaban J connectivity index is 1.67. The molecule has 1 aromatic rings. The molecule has 1 heterocycles. The summed E-state index contributed by atoms with van der Waals surface area (Å²) in [4.78, 5) is 4.69. The fraction of sp³-hybridized carbons (Fsp3) is 0.706. The van der Waals surface area contributed by atoms with Crippen molar-refractivity contribution in [3.05, 3.63) is 29.6 Å². The van der Waals surface area contributed by atoms with Gasteiger partial charge in [-0.25, -0.2) is 0 Å². The molecule has 0 spiro atoms. The summed E-state index contributed by atoms with van der Waals surface area (Å²) in [5.74, 6) is 2.12. The number of aromatic nitrogens is 1. The predicted molar refractivity (Wildman–Crippen MR) is 79.3 cm³/mol. The molecular weight excluding hydrogens is 232 g/mol. The van der Waals surface area contributed by atoms with E-state index in [4.69, 9.17) is 4.98 Å². The van der Waals surface area contributed by atoms with Crippen LogP contribution < -0.4 is 5.32 Å². The lowest BCUT2D eigenvalue weighted by Gasteiger charge is -2.33. The third kappa shape index (κ3) is 3.00. The molecule has 0 radical (unpaired) electrons. The highest BCUT2D eigenvalue weighted by molar-refractivity contribution is 5.26. The molecule has 19 heavy (non-hydrogen) atoms. The number of pyridine rings is 1. The molecule has 0 saturated heterocycles. The Morgan fingerprint density at radius 2 is 2.16 bits per heavy atom. The Labute approximate surface area is 117 Å².